The molecule has 1 aliphatic rings. The van der Waals surface area contributed by atoms with E-state index in [4.69, 9.17) is 0 Å². The third kappa shape index (κ3) is 8.03. The number of unbranched alkanes of at least 4 members (excludes halogenated alkanes) is 1. The fourth-order valence-electron chi connectivity index (χ4n) is 3.51. The Bertz CT molecular complexity index is 743. The van der Waals surface area contributed by atoms with Crippen molar-refractivity contribution in [2.75, 3.05) is 51.2 Å². The van der Waals surface area contributed by atoms with Gasteiger partial charge in [-0.25, -0.2) is 4.98 Å². The van der Waals surface area contributed by atoms with E-state index in [1.807, 2.05) is 13.2 Å². The second kappa shape index (κ2) is 13.8. The first-order chi connectivity index (χ1) is 14.3. The Labute approximate surface area is 202 Å². The van der Waals surface area contributed by atoms with Crippen LogP contribution in [-0.4, -0.2) is 62.2 Å². The molecule has 1 aromatic heterocycles. The summed E-state index contributed by atoms with van der Waals surface area (Å²) >= 11 is 1.77. The monoisotopic (exact) mass is 542 g/mol. The Kier molecular flexibility index (Phi) is 11.5. The summed E-state index contributed by atoms with van der Waals surface area (Å²) in [5.41, 5.74) is 1.35. The van der Waals surface area contributed by atoms with E-state index in [0.29, 0.717) is 0 Å². The molecule has 1 aromatic carbocycles. The third-order valence-electron chi connectivity index (χ3n) is 5.27. The number of benzene rings is 1. The van der Waals surface area contributed by atoms with Crippen molar-refractivity contribution in [3.05, 3.63) is 46.4 Å². The van der Waals surface area contributed by atoms with Crippen LogP contribution in [0.3, 0.4) is 0 Å². The van der Waals surface area contributed by atoms with Gasteiger partial charge in [0.25, 0.3) is 0 Å². The van der Waals surface area contributed by atoms with E-state index >= 15 is 0 Å². The van der Waals surface area contributed by atoms with Gasteiger partial charge in [-0.05, 0) is 37.9 Å². The van der Waals surface area contributed by atoms with E-state index in [-0.39, 0.29) is 24.0 Å². The number of aryl methyl sites for hydroxylation is 1. The first-order valence-corrected chi connectivity index (χ1v) is 11.5. The number of halogens is 1. The molecular formula is C22H35IN6S. The smallest absolute Gasteiger partial charge is 0.191 e. The van der Waals surface area contributed by atoms with Gasteiger partial charge in [0.2, 0.25) is 0 Å². The van der Waals surface area contributed by atoms with Gasteiger partial charge < -0.3 is 15.5 Å². The van der Waals surface area contributed by atoms with Gasteiger partial charge in [0.15, 0.2) is 5.96 Å². The molecule has 0 atom stereocenters. The summed E-state index contributed by atoms with van der Waals surface area (Å²) < 4.78 is 0. The van der Waals surface area contributed by atoms with Crippen LogP contribution in [0, 0.1) is 0 Å². The minimum Gasteiger partial charge on any atom is -0.369 e. The van der Waals surface area contributed by atoms with E-state index in [1.165, 1.54) is 23.5 Å². The number of nitrogens with zero attached hydrogens (tertiary/aromatic N) is 4. The van der Waals surface area contributed by atoms with Gasteiger partial charge in [-0.2, -0.15) is 0 Å². The number of piperazine rings is 1. The molecule has 0 bridgehead atoms. The van der Waals surface area contributed by atoms with Crippen LogP contribution in [0.5, 0.6) is 0 Å². The number of para-hydroxylation sites is 1. The SMILES string of the molecule is CCc1cnc(CNC(=NC)NCCCCN2CCN(c3ccccc3)CC2)s1.I. The molecule has 166 valence electrons. The summed E-state index contributed by atoms with van der Waals surface area (Å²) in [7, 11) is 1.82. The predicted molar refractivity (Wildman–Crippen MR) is 139 cm³/mol. The molecule has 1 aliphatic heterocycles. The number of aliphatic imine (C=N–C) groups is 1. The molecule has 1 saturated heterocycles. The van der Waals surface area contributed by atoms with Crippen molar-refractivity contribution in [2.24, 2.45) is 4.99 Å². The van der Waals surface area contributed by atoms with E-state index in [2.05, 4.69) is 67.7 Å². The lowest BCUT2D eigenvalue weighted by Gasteiger charge is -2.36. The maximum Gasteiger partial charge on any atom is 0.191 e. The molecular weight excluding hydrogens is 507 g/mol. The lowest BCUT2D eigenvalue weighted by Crippen LogP contribution is -2.46. The van der Waals surface area contributed by atoms with Gasteiger partial charge in [0, 0.05) is 56.5 Å². The molecule has 0 spiro atoms. The minimum atomic E-state index is 0. The summed E-state index contributed by atoms with van der Waals surface area (Å²) in [6, 6.07) is 10.7. The summed E-state index contributed by atoms with van der Waals surface area (Å²) in [6.07, 6.45) is 5.38. The lowest BCUT2D eigenvalue weighted by molar-refractivity contribution is 0.253. The summed E-state index contributed by atoms with van der Waals surface area (Å²) in [5.74, 6) is 0.856. The Morgan fingerprint density at radius 1 is 1.10 bits per heavy atom. The quantitative estimate of drug-likeness (QED) is 0.220. The molecule has 0 radical (unpaired) electrons. The fraction of sp³-hybridized carbons (Fsp3) is 0.545. The Hall–Kier alpha value is -1.39. The molecule has 3 rings (SSSR count). The lowest BCUT2D eigenvalue weighted by atomic mass is 10.2. The predicted octanol–water partition coefficient (Wildman–Crippen LogP) is 3.59. The minimum absolute atomic E-state index is 0. The number of guanidine groups is 1. The number of hydrogen-bond acceptors (Lipinski definition) is 5. The zero-order valence-corrected chi connectivity index (χ0v) is 21.3. The maximum absolute atomic E-state index is 4.44. The van der Waals surface area contributed by atoms with Crippen molar-refractivity contribution in [1.29, 1.82) is 0 Å². The van der Waals surface area contributed by atoms with Crippen molar-refractivity contribution < 1.29 is 0 Å². The van der Waals surface area contributed by atoms with Crippen LogP contribution in [0.1, 0.15) is 29.7 Å². The topological polar surface area (TPSA) is 55.8 Å². The van der Waals surface area contributed by atoms with E-state index in [1.54, 1.807) is 11.3 Å². The summed E-state index contributed by atoms with van der Waals surface area (Å²) in [4.78, 5) is 15.2. The zero-order valence-electron chi connectivity index (χ0n) is 18.1. The highest BCUT2D eigenvalue weighted by Crippen LogP contribution is 2.15. The number of anilines is 1. The Morgan fingerprint density at radius 2 is 1.87 bits per heavy atom. The molecule has 2 N–H and O–H groups in total. The molecule has 0 unspecified atom stereocenters. The summed E-state index contributed by atoms with van der Waals surface area (Å²) in [5, 5.41) is 7.88. The normalized spacial score (nSPS) is 15.0. The van der Waals surface area contributed by atoms with Crippen LogP contribution < -0.4 is 15.5 Å². The average Bonchev–Trinajstić information content (AvgIpc) is 3.25. The molecule has 8 heteroatoms. The highest BCUT2D eigenvalue weighted by molar-refractivity contribution is 14.0. The van der Waals surface area contributed by atoms with Crippen LogP contribution >= 0.6 is 35.3 Å². The second-order valence-electron chi connectivity index (χ2n) is 7.30. The van der Waals surface area contributed by atoms with E-state index in [0.717, 1.165) is 63.1 Å². The van der Waals surface area contributed by atoms with Gasteiger partial charge in [-0.1, -0.05) is 25.1 Å². The Balaban J connectivity index is 0.00000320. The van der Waals surface area contributed by atoms with Crippen molar-refractivity contribution in [3.8, 4) is 0 Å². The Morgan fingerprint density at radius 3 is 2.53 bits per heavy atom. The van der Waals surface area contributed by atoms with Gasteiger partial charge in [0.05, 0.1) is 6.54 Å². The van der Waals surface area contributed by atoms with Crippen molar-refractivity contribution in [1.82, 2.24) is 20.5 Å². The number of nitrogens with one attached hydrogen (secondary N) is 2. The van der Waals surface area contributed by atoms with Crippen LogP contribution in [-0.2, 0) is 13.0 Å². The van der Waals surface area contributed by atoms with Crippen LogP contribution in [0.25, 0.3) is 0 Å². The highest BCUT2D eigenvalue weighted by atomic mass is 127. The van der Waals surface area contributed by atoms with Crippen molar-refractivity contribution in [2.45, 2.75) is 32.7 Å². The molecule has 0 aliphatic carbocycles. The van der Waals surface area contributed by atoms with Gasteiger partial charge in [-0.15, -0.1) is 35.3 Å². The first kappa shape index (κ1) is 24.9. The molecule has 1 fully saturated rings. The average molecular weight is 543 g/mol. The summed E-state index contributed by atoms with van der Waals surface area (Å²) in [6.45, 7) is 9.56. The largest absolute Gasteiger partial charge is 0.369 e. The third-order valence-corrected chi connectivity index (χ3v) is 6.41. The zero-order chi connectivity index (χ0) is 20.3. The van der Waals surface area contributed by atoms with E-state index in [9.17, 15) is 0 Å². The second-order valence-corrected chi connectivity index (χ2v) is 8.50. The van der Waals surface area contributed by atoms with Crippen molar-refractivity contribution in [3.63, 3.8) is 0 Å². The molecule has 0 saturated carbocycles. The van der Waals surface area contributed by atoms with Crippen LogP contribution in [0.15, 0.2) is 41.5 Å². The van der Waals surface area contributed by atoms with Gasteiger partial charge >= 0.3 is 0 Å². The number of rotatable bonds is 9. The number of thiazole rings is 1. The highest BCUT2D eigenvalue weighted by Gasteiger charge is 2.16. The van der Waals surface area contributed by atoms with E-state index < -0.39 is 0 Å². The van der Waals surface area contributed by atoms with Gasteiger partial charge in [-0.3, -0.25) is 9.89 Å². The maximum atomic E-state index is 4.44. The van der Waals surface area contributed by atoms with Crippen molar-refractivity contribution >= 4 is 47.0 Å². The fourth-order valence-corrected chi connectivity index (χ4v) is 4.31. The first-order valence-electron chi connectivity index (χ1n) is 10.7. The van der Waals surface area contributed by atoms with Crippen LogP contribution in [0.2, 0.25) is 0 Å². The van der Waals surface area contributed by atoms with Crippen LogP contribution in [0.4, 0.5) is 5.69 Å². The van der Waals surface area contributed by atoms with Gasteiger partial charge in [0.1, 0.15) is 5.01 Å². The number of aromatic nitrogens is 1. The molecule has 2 aromatic rings. The standard InChI is InChI=1S/C22H34N6S.HI/c1-3-20-17-25-21(29-20)18-26-22(23-2)24-11-7-8-12-27-13-15-28(16-14-27)19-9-5-4-6-10-19;/h4-6,9-10,17H,3,7-8,11-16,18H2,1-2H3,(H2,23,24,26);1H. The molecule has 30 heavy (non-hydrogen) atoms. The molecule has 6 nitrogen and oxygen atoms in total. The molecule has 0 amide bonds. The molecule has 2 heterocycles. The number of hydrogen-bond donors (Lipinski definition) is 2.